The molecule has 26 heavy (non-hydrogen) atoms. The quantitative estimate of drug-likeness (QED) is 0.742. The Bertz CT molecular complexity index is 845. The Morgan fingerprint density at radius 2 is 2.04 bits per heavy atom. The van der Waals surface area contributed by atoms with Crippen molar-refractivity contribution in [3.05, 3.63) is 28.4 Å². The molecule has 8 heteroatoms. The highest BCUT2D eigenvalue weighted by molar-refractivity contribution is 6.32. The van der Waals surface area contributed by atoms with Crippen LogP contribution in [-0.2, 0) is 17.8 Å². The van der Waals surface area contributed by atoms with E-state index in [0.29, 0.717) is 30.8 Å². The van der Waals surface area contributed by atoms with Gasteiger partial charge in [0.2, 0.25) is 5.91 Å². The molecule has 2 aliphatic heterocycles. The minimum Gasteiger partial charge on any atom is -0.507 e. The number of rotatable bonds is 2. The van der Waals surface area contributed by atoms with Crippen LogP contribution in [0.15, 0.2) is 16.7 Å². The molecule has 1 saturated heterocycles. The van der Waals surface area contributed by atoms with E-state index in [-0.39, 0.29) is 28.3 Å². The first-order valence-electron chi connectivity index (χ1n) is 8.73. The van der Waals surface area contributed by atoms with Crippen molar-refractivity contribution >= 4 is 17.5 Å². The van der Waals surface area contributed by atoms with Crippen LogP contribution in [0, 0.1) is 5.92 Å². The third kappa shape index (κ3) is 3.01. The zero-order valence-corrected chi connectivity index (χ0v) is 14.9. The Labute approximate surface area is 155 Å². The fourth-order valence-electron chi connectivity index (χ4n) is 3.67. The number of halogens is 1. The minimum absolute atomic E-state index is 0.0534. The molecule has 0 radical (unpaired) electrons. The maximum Gasteiger partial charge on any atom is 0.226 e. The molecule has 2 aliphatic rings. The standard InChI is InChI=1S/C18H20ClN3O4/c19-13-7-11(15(23)8-16(13)24)17-12-9-22(6-3-14(12)21-26-17)18(25)10-1-4-20-5-2-10/h7-8,10,20,23-24H,1-6,9H2. The van der Waals surface area contributed by atoms with Gasteiger partial charge in [-0.3, -0.25) is 4.79 Å². The van der Waals surface area contributed by atoms with E-state index in [4.69, 9.17) is 16.1 Å². The topological polar surface area (TPSA) is 98.8 Å². The summed E-state index contributed by atoms with van der Waals surface area (Å²) in [5, 5.41) is 27.3. The lowest BCUT2D eigenvalue weighted by atomic mass is 9.94. The Morgan fingerprint density at radius 1 is 1.27 bits per heavy atom. The molecule has 1 fully saturated rings. The summed E-state index contributed by atoms with van der Waals surface area (Å²) in [6, 6.07) is 2.62. The lowest BCUT2D eigenvalue weighted by Gasteiger charge is -2.31. The molecule has 3 heterocycles. The number of carbonyl (C=O) groups is 1. The van der Waals surface area contributed by atoms with Crippen molar-refractivity contribution in [1.29, 1.82) is 0 Å². The second-order valence-corrected chi connectivity index (χ2v) is 7.20. The van der Waals surface area contributed by atoms with E-state index in [0.717, 1.165) is 37.2 Å². The summed E-state index contributed by atoms with van der Waals surface area (Å²) in [6.45, 7) is 2.75. The summed E-state index contributed by atoms with van der Waals surface area (Å²) in [7, 11) is 0. The number of hydrogen-bond donors (Lipinski definition) is 3. The fraction of sp³-hybridized carbons (Fsp3) is 0.444. The first-order valence-corrected chi connectivity index (χ1v) is 9.11. The van der Waals surface area contributed by atoms with Crippen molar-refractivity contribution < 1.29 is 19.5 Å². The summed E-state index contributed by atoms with van der Waals surface area (Å²) in [4.78, 5) is 14.7. The highest BCUT2D eigenvalue weighted by atomic mass is 35.5. The first-order chi connectivity index (χ1) is 12.5. The van der Waals surface area contributed by atoms with E-state index in [1.54, 1.807) is 0 Å². The van der Waals surface area contributed by atoms with Crippen LogP contribution in [0.4, 0.5) is 0 Å². The minimum atomic E-state index is -0.205. The third-order valence-corrected chi connectivity index (χ3v) is 5.45. The van der Waals surface area contributed by atoms with E-state index in [2.05, 4.69) is 10.5 Å². The van der Waals surface area contributed by atoms with Gasteiger partial charge in [-0.15, -0.1) is 0 Å². The summed E-state index contributed by atoms with van der Waals surface area (Å²) in [6.07, 6.45) is 2.32. The summed E-state index contributed by atoms with van der Waals surface area (Å²) in [5.41, 5.74) is 1.94. The molecule has 7 nitrogen and oxygen atoms in total. The van der Waals surface area contributed by atoms with E-state index in [9.17, 15) is 15.0 Å². The van der Waals surface area contributed by atoms with Crippen LogP contribution < -0.4 is 5.32 Å². The van der Waals surface area contributed by atoms with Crippen molar-refractivity contribution in [1.82, 2.24) is 15.4 Å². The number of hydrogen-bond acceptors (Lipinski definition) is 6. The van der Waals surface area contributed by atoms with Crippen LogP contribution in [-0.4, -0.2) is 45.8 Å². The van der Waals surface area contributed by atoms with Crippen molar-refractivity contribution in [3.63, 3.8) is 0 Å². The van der Waals surface area contributed by atoms with Gasteiger partial charge in [-0.1, -0.05) is 16.8 Å². The normalized spacial score (nSPS) is 18.0. The summed E-state index contributed by atoms with van der Waals surface area (Å²) < 4.78 is 5.45. The monoisotopic (exact) mass is 377 g/mol. The number of nitrogens with zero attached hydrogens (tertiary/aromatic N) is 2. The van der Waals surface area contributed by atoms with Crippen molar-refractivity contribution in [3.8, 4) is 22.8 Å². The number of carbonyl (C=O) groups excluding carboxylic acids is 1. The molecule has 1 amide bonds. The zero-order chi connectivity index (χ0) is 18.3. The Balaban J connectivity index is 1.62. The fourth-order valence-corrected chi connectivity index (χ4v) is 3.84. The van der Waals surface area contributed by atoms with Gasteiger partial charge in [0.1, 0.15) is 11.5 Å². The molecular weight excluding hydrogens is 358 g/mol. The van der Waals surface area contributed by atoms with Gasteiger partial charge in [0.15, 0.2) is 5.76 Å². The van der Waals surface area contributed by atoms with Gasteiger partial charge >= 0.3 is 0 Å². The number of amides is 1. The second kappa shape index (κ2) is 6.81. The number of benzene rings is 1. The Hall–Kier alpha value is -2.25. The molecule has 0 bridgehead atoms. The highest BCUT2D eigenvalue weighted by Crippen LogP contribution is 2.40. The molecule has 0 spiro atoms. The molecule has 0 saturated carbocycles. The van der Waals surface area contributed by atoms with E-state index < -0.39 is 0 Å². The van der Waals surface area contributed by atoms with Gasteiger partial charge in [-0.25, -0.2) is 0 Å². The first kappa shape index (κ1) is 17.2. The molecule has 1 aromatic heterocycles. The van der Waals surface area contributed by atoms with E-state index >= 15 is 0 Å². The zero-order valence-electron chi connectivity index (χ0n) is 14.2. The average molecular weight is 378 g/mol. The Kier molecular flexibility index (Phi) is 4.50. The molecule has 0 aliphatic carbocycles. The molecule has 0 unspecified atom stereocenters. The van der Waals surface area contributed by atoms with Gasteiger partial charge in [0.25, 0.3) is 0 Å². The van der Waals surface area contributed by atoms with Gasteiger partial charge in [-0.05, 0) is 32.0 Å². The van der Waals surface area contributed by atoms with E-state index in [1.165, 1.54) is 12.1 Å². The second-order valence-electron chi connectivity index (χ2n) is 6.79. The number of aromatic nitrogens is 1. The maximum atomic E-state index is 12.8. The SMILES string of the molecule is O=C(C1CCNCC1)N1CCc2noc(-c3cc(Cl)c(O)cc3O)c2C1. The number of fused-ring (bicyclic) bond motifs is 1. The van der Waals surface area contributed by atoms with Gasteiger partial charge in [-0.2, -0.15) is 0 Å². The average Bonchev–Trinajstić information content (AvgIpc) is 3.08. The third-order valence-electron chi connectivity index (χ3n) is 5.15. The number of piperidine rings is 1. The van der Waals surface area contributed by atoms with Crippen LogP contribution in [0.3, 0.4) is 0 Å². The van der Waals surface area contributed by atoms with Gasteiger partial charge < -0.3 is 25.0 Å². The van der Waals surface area contributed by atoms with Crippen LogP contribution in [0.1, 0.15) is 24.1 Å². The smallest absolute Gasteiger partial charge is 0.226 e. The maximum absolute atomic E-state index is 12.8. The van der Waals surface area contributed by atoms with Gasteiger partial charge in [0, 0.05) is 30.5 Å². The highest BCUT2D eigenvalue weighted by Gasteiger charge is 2.32. The molecule has 0 atom stereocenters. The van der Waals surface area contributed by atoms with Crippen LogP contribution >= 0.6 is 11.6 Å². The van der Waals surface area contributed by atoms with E-state index in [1.807, 2.05) is 4.90 Å². The van der Waals surface area contributed by atoms with Gasteiger partial charge in [0.05, 0.1) is 22.8 Å². The van der Waals surface area contributed by atoms with Crippen molar-refractivity contribution in [2.75, 3.05) is 19.6 Å². The molecule has 1 aromatic carbocycles. The van der Waals surface area contributed by atoms with Crippen molar-refractivity contribution in [2.24, 2.45) is 5.92 Å². The largest absolute Gasteiger partial charge is 0.507 e. The summed E-state index contributed by atoms with van der Waals surface area (Å²) >= 11 is 5.97. The molecule has 2 aromatic rings. The summed E-state index contributed by atoms with van der Waals surface area (Å²) in [5.74, 6) is 0.258. The number of aromatic hydroxyl groups is 2. The van der Waals surface area contributed by atoms with Crippen LogP contribution in [0.25, 0.3) is 11.3 Å². The lowest BCUT2D eigenvalue weighted by molar-refractivity contribution is -0.137. The number of phenols is 2. The number of nitrogens with one attached hydrogen (secondary N) is 1. The molecule has 3 N–H and O–H groups in total. The molecule has 138 valence electrons. The molecule has 4 rings (SSSR count). The predicted octanol–water partition coefficient (Wildman–Crippen LogP) is 2.29. The van der Waals surface area contributed by atoms with Crippen LogP contribution in [0.2, 0.25) is 5.02 Å². The molecular formula is C18H20ClN3O4. The Morgan fingerprint density at radius 3 is 2.81 bits per heavy atom. The van der Waals surface area contributed by atoms with Crippen molar-refractivity contribution in [2.45, 2.75) is 25.8 Å². The number of phenolic OH excluding ortho intramolecular Hbond substituents is 2. The lowest BCUT2D eigenvalue weighted by Crippen LogP contribution is -2.43. The van der Waals surface area contributed by atoms with Crippen LogP contribution in [0.5, 0.6) is 11.5 Å². The predicted molar refractivity (Wildman–Crippen MR) is 95.0 cm³/mol.